The standard InChI is InChI=1S/C18H19N3O2/c1-2-3-14-19-17(22)20(15-10-6-4-7-11-15)21(18(19)23)16-12-8-5-9-13-16/h4-13H,2-3,14H2,1H3. The zero-order valence-corrected chi connectivity index (χ0v) is 13.1. The van der Waals surface area contributed by atoms with Crippen LogP contribution in [0, 0.1) is 0 Å². The van der Waals surface area contributed by atoms with Crippen LogP contribution < -0.4 is 11.4 Å². The highest BCUT2D eigenvalue weighted by Gasteiger charge is 2.17. The van der Waals surface area contributed by atoms with Crippen LogP contribution in [-0.2, 0) is 6.54 Å². The van der Waals surface area contributed by atoms with Crippen molar-refractivity contribution in [2.24, 2.45) is 0 Å². The Morgan fingerprint density at radius 2 is 1.17 bits per heavy atom. The van der Waals surface area contributed by atoms with Gasteiger partial charge in [-0.25, -0.2) is 14.2 Å². The summed E-state index contributed by atoms with van der Waals surface area (Å²) in [6.07, 6.45) is 1.72. The zero-order chi connectivity index (χ0) is 16.2. The van der Waals surface area contributed by atoms with Gasteiger partial charge in [0, 0.05) is 6.54 Å². The second-order valence-corrected chi connectivity index (χ2v) is 5.37. The maximum Gasteiger partial charge on any atom is 0.352 e. The van der Waals surface area contributed by atoms with Crippen molar-refractivity contribution in [3.8, 4) is 11.4 Å². The topological polar surface area (TPSA) is 48.9 Å². The van der Waals surface area contributed by atoms with Gasteiger partial charge >= 0.3 is 11.4 Å². The Bertz CT molecular complexity index is 819. The summed E-state index contributed by atoms with van der Waals surface area (Å²) in [6.45, 7) is 2.47. The van der Waals surface area contributed by atoms with Crippen molar-refractivity contribution < 1.29 is 0 Å². The van der Waals surface area contributed by atoms with Crippen LogP contribution in [-0.4, -0.2) is 13.9 Å². The molecule has 0 unspecified atom stereocenters. The van der Waals surface area contributed by atoms with Gasteiger partial charge in [-0.2, -0.15) is 9.36 Å². The highest BCUT2D eigenvalue weighted by Crippen LogP contribution is 2.09. The van der Waals surface area contributed by atoms with Crippen LogP contribution in [0.1, 0.15) is 19.8 Å². The van der Waals surface area contributed by atoms with Crippen LogP contribution in [0.2, 0.25) is 0 Å². The van der Waals surface area contributed by atoms with Gasteiger partial charge in [0.1, 0.15) is 0 Å². The maximum atomic E-state index is 12.8. The fourth-order valence-electron chi connectivity index (χ4n) is 2.58. The number of para-hydroxylation sites is 2. The SMILES string of the molecule is CCCCn1c(=O)n(-c2ccccc2)n(-c2ccccc2)c1=O. The smallest absolute Gasteiger partial charge is 0.245 e. The van der Waals surface area contributed by atoms with Crippen molar-refractivity contribution in [1.29, 1.82) is 0 Å². The maximum absolute atomic E-state index is 12.8. The molecular weight excluding hydrogens is 290 g/mol. The predicted molar refractivity (Wildman–Crippen MR) is 90.5 cm³/mol. The molecule has 0 bridgehead atoms. The van der Waals surface area contributed by atoms with E-state index in [-0.39, 0.29) is 11.4 Å². The summed E-state index contributed by atoms with van der Waals surface area (Å²) >= 11 is 0. The summed E-state index contributed by atoms with van der Waals surface area (Å²) in [7, 11) is 0. The van der Waals surface area contributed by atoms with Crippen molar-refractivity contribution in [2.45, 2.75) is 26.3 Å². The van der Waals surface area contributed by atoms with Crippen molar-refractivity contribution >= 4 is 0 Å². The fraction of sp³-hybridized carbons (Fsp3) is 0.222. The molecule has 3 rings (SSSR count). The van der Waals surface area contributed by atoms with E-state index in [1.807, 2.05) is 67.6 Å². The first-order valence-electron chi connectivity index (χ1n) is 7.79. The van der Waals surface area contributed by atoms with Crippen LogP contribution in [0.3, 0.4) is 0 Å². The van der Waals surface area contributed by atoms with E-state index in [0.717, 1.165) is 12.8 Å². The van der Waals surface area contributed by atoms with Crippen molar-refractivity contribution in [2.75, 3.05) is 0 Å². The Hall–Kier alpha value is -2.82. The molecule has 0 fully saturated rings. The molecule has 23 heavy (non-hydrogen) atoms. The van der Waals surface area contributed by atoms with E-state index in [1.165, 1.54) is 13.9 Å². The van der Waals surface area contributed by atoms with Gasteiger partial charge < -0.3 is 0 Å². The number of nitrogens with zero attached hydrogens (tertiary/aromatic N) is 3. The van der Waals surface area contributed by atoms with E-state index in [2.05, 4.69) is 0 Å². The van der Waals surface area contributed by atoms with Gasteiger partial charge in [0.25, 0.3) is 0 Å². The third kappa shape index (κ3) is 2.77. The summed E-state index contributed by atoms with van der Waals surface area (Å²) < 4.78 is 4.18. The Balaban J connectivity index is 2.29. The molecule has 0 aliphatic heterocycles. The van der Waals surface area contributed by atoms with Gasteiger partial charge in [0.2, 0.25) is 0 Å². The first-order chi connectivity index (χ1) is 11.2. The molecule has 0 atom stereocenters. The van der Waals surface area contributed by atoms with Crippen molar-refractivity contribution in [1.82, 2.24) is 13.9 Å². The molecule has 118 valence electrons. The highest BCUT2D eigenvalue weighted by atomic mass is 16.2. The Kier molecular flexibility index (Phi) is 4.28. The molecule has 0 amide bonds. The Morgan fingerprint density at radius 3 is 1.57 bits per heavy atom. The van der Waals surface area contributed by atoms with E-state index in [1.54, 1.807) is 0 Å². The van der Waals surface area contributed by atoms with Crippen LogP contribution in [0.15, 0.2) is 70.3 Å². The number of hydrogen-bond donors (Lipinski definition) is 0. The minimum atomic E-state index is -0.307. The molecule has 1 aromatic heterocycles. The lowest BCUT2D eigenvalue weighted by Gasteiger charge is -2.08. The quantitative estimate of drug-likeness (QED) is 0.727. The summed E-state index contributed by atoms with van der Waals surface area (Å²) in [6, 6.07) is 18.5. The third-order valence-electron chi connectivity index (χ3n) is 3.76. The summed E-state index contributed by atoms with van der Waals surface area (Å²) in [5, 5.41) is 0. The first kappa shape index (κ1) is 15.1. The summed E-state index contributed by atoms with van der Waals surface area (Å²) in [5.41, 5.74) is 0.736. The van der Waals surface area contributed by atoms with Crippen LogP contribution >= 0.6 is 0 Å². The minimum Gasteiger partial charge on any atom is -0.245 e. The average Bonchev–Trinajstić information content (AvgIpc) is 2.85. The molecule has 0 radical (unpaired) electrons. The second kappa shape index (κ2) is 6.52. The molecule has 2 aromatic carbocycles. The molecule has 3 aromatic rings. The molecule has 0 N–H and O–H groups in total. The lowest BCUT2D eigenvalue weighted by Crippen LogP contribution is -2.28. The molecule has 5 nitrogen and oxygen atoms in total. The second-order valence-electron chi connectivity index (χ2n) is 5.37. The van der Waals surface area contributed by atoms with Gasteiger partial charge in [-0.1, -0.05) is 49.7 Å². The summed E-state index contributed by atoms with van der Waals surface area (Å²) in [4.78, 5) is 25.6. The predicted octanol–water partition coefficient (Wildman–Crippen LogP) is 2.59. The van der Waals surface area contributed by atoms with Crippen LogP contribution in [0.4, 0.5) is 0 Å². The molecule has 0 aliphatic carbocycles. The molecule has 1 heterocycles. The monoisotopic (exact) mass is 309 g/mol. The Labute approximate surface area is 134 Å². The largest absolute Gasteiger partial charge is 0.352 e. The van der Waals surface area contributed by atoms with E-state index < -0.39 is 0 Å². The van der Waals surface area contributed by atoms with Gasteiger partial charge in [-0.15, -0.1) is 0 Å². The lowest BCUT2D eigenvalue weighted by molar-refractivity contribution is 0.594. The number of rotatable bonds is 5. The summed E-state index contributed by atoms with van der Waals surface area (Å²) in [5.74, 6) is 0. The molecule has 0 saturated heterocycles. The highest BCUT2D eigenvalue weighted by molar-refractivity contribution is 5.35. The van der Waals surface area contributed by atoms with Crippen LogP contribution in [0.5, 0.6) is 0 Å². The normalized spacial score (nSPS) is 10.8. The number of unbranched alkanes of at least 4 members (excludes halogenated alkanes) is 1. The van der Waals surface area contributed by atoms with Gasteiger partial charge in [-0.3, -0.25) is 0 Å². The van der Waals surface area contributed by atoms with E-state index in [0.29, 0.717) is 17.9 Å². The first-order valence-corrected chi connectivity index (χ1v) is 7.79. The third-order valence-corrected chi connectivity index (χ3v) is 3.76. The van der Waals surface area contributed by atoms with E-state index in [9.17, 15) is 9.59 Å². The fourth-order valence-corrected chi connectivity index (χ4v) is 2.58. The van der Waals surface area contributed by atoms with E-state index in [4.69, 9.17) is 0 Å². The number of hydrogen-bond acceptors (Lipinski definition) is 2. The average molecular weight is 309 g/mol. The van der Waals surface area contributed by atoms with Crippen LogP contribution in [0.25, 0.3) is 11.4 Å². The van der Waals surface area contributed by atoms with Gasteiger partial charge in [-0.05, 0) is 30.7 Å². The lowest BCUT2D eigenvalue weighted by atomic mass is 10.3. The molecule has 0 spiro atoms. The molecular formula is C18H19N3O2. The Morgan fingerprint density at radius 1 is 0.739 bits per heavy atom. The van der Waals surface area contributed by atoms with Crippen molar-refractivity contribution in [3.63, 3.8) is 0 Å². The molecule has 5 heteroatoms. The molecule has 0 saturated carbocycles. The van der Waals surface area contributed by atoms with Gasteiger partial charge in [0.15, 0.2) is 0 Å². The van der Waals surface area contributed by atoms with Gasteiger partial charge in [0.05, 0.1) is 11.4 Å². The molecule has 0 aliphatic rings. The van der Waals surface area contributed by atoms with Crippen molar-refractivity contribution in [3.05, 3.63) is 81.6 Å². The van der Waals surface area contributed by atoms with E-state index >= 15 is 0 Å². The zero-order valence-electron chi connectivity index (χ0n) is 13.1. The number of benzene rings is 2. The minimum absolute atomic E-state index is 0.307. The number of aromatic nitrogens is 3.